The largest absolute Gasteiger partial charge is 0.361 e. The van der Waals surface area contributed by atoms with E-state index < -0.39 is 0 Å². The van der Waals surface area contributed by atoms with Crippen LogP contribution in [0.15, 0.2) is 24.4 Å². The predicted molar refractivity (Wildman–Crippen MR) is 107 cm³/mol. The molecule has 1 aromatic carbocycles. The molecule has 1 saturated carbocycles. The number of nitrogens with one attached hydrogen (secondary N) is 2. The molecule has 0 spiro atoms. The van der Waals surface area contributed by atoms with Crippen molar-refractivity contribution in [2.24, 2.45) is 0 Å². The second-order valence-corrected chi connectivity index (χ2v) is 8.48. The third-order valence-corrected chi connectivity index (χ3v) is 6.90. The lowest BCUT2D eigenvalue weighted by molar-refractivity contribution is 0.0589. The van der Waals surface area contributed by atoms with Gasteiger partial charge >= 0.3 is 0 Å². The second-order valence-electron chi connectivity index (χ2n) is 8.48. The van der Waals surface area contributed by atoms with Gasteiger partial charge in [-0.15, -0.1) is 0 Å². The number of benzene rings is 1. The first-order chi connectivity index (χ1) is 12.9. The minimum absolute atomic E-state index is 0.525. The summed E-state index contributed by atoms with van der Waals surface area (Å²) in [5.41, 5.74) is 4.30. The van der Waals surface area contributed by atoms with Crippen molar-refractivity contribution in [2.45, 2.75) is 57.2 Å². The number of aromatic nitrogens is 1. The van der Waals surface area contributed by atoms with Crippen molar-refractivity contribution >= 4 is 10.9 Å². The molecule has 1 unspecified atom stereocenters. The minimum Gasteiger partial charge on any atom is -0.361 e. The summed E-state index contributed by atoms with van der Waals surface area (Å²) in [6.45, 7) is 7.18. The molecule has 4 nitrogen and oxygen atoms in total. The molecule has 140 valence electrons. The number of fused-ring (bicyclic) bond motifs is 1. The number of hydrogen-bond acceptors (Lipinski definition) is 3. The van der Waals surface area contributed by atoms with Crippen molar-refractivity contribution in [1.29, 1.82) is 0 Å². The quantitative estimate of drug-likeness (QED) is 0.881. The van der Waals surface area contributed by atoms with Gasteiger partial charge in [0.15, 0.2) is 0 Å². The zero-order valence-corrected chi connectivity index (χ0v) is 15.8. The number of H-pyrrole nitrogens is 1. The van der Waals surface area contributed by atoms with E-state index >= 15 is 0 Å². The molecule has 2 aliphatic heterocycles. The average molecular weight is 353 g/mol. The smallest absolute Gasteiger partial charge is 0.0460 e. The van der Waals surface area contributed by atoms with Gasteiger partial charge in [0.05, 0.1) is 0 Å². The van der Waals surface area contributed by atoms with Gasteiger partial charge in [-0.25, -0.2) is 0 Å². The molecule has 4 heteroatoms. The Labute approximate surface area is 156 Å². The van der Waals surface area contributed by atoms with Crippen LogP contribution in [-0.4, -0.2) is 53.5 Å². The van der Waals surface area contributed by atoms with E-state index in [1.807, 2.05) is 0 Å². The first-order valence-corrected chi connectivity index (χ1v) is 10.7. The zero-order valence-electron chi connectivity index (χ0n) is 15.8. The molecule has 3 aliphatic rings. The molecule has 26 heavy (non-hydrogen) atoms. The molecule has 1 aliphatic carbocycles. The Morgan fingerprint density at radius 1 is 0.962 bits per heavy atom. The van der Waals surface area contributed by atoms with E-state index in [9.17, 15) is 0 Å². The molecular formula is C22H32N4. The summed E-state index contributed by atoms with van der Waals surface area (Å²) in [5.74, 6) is 0. The second kappa shape index (κ2) is 7.34. The van der Waals surface area contributed by atoms with Crippen LogP contribution in [0.25, 0.3) is 10.9 Å². The number of aromatic amines is 1. The van der Waals surface area contributed by atoms with E-state index in [0.29, 0.717) is 6.04 Å². The normalized spacial score (nSPS) is 26.2. The minimum atomic E-state index is 0.525. The van der Waals surface area contributed by atoms with E-state index in [1.165, 1.54) is 86.7 Å². The summed E-state index contributed by atoms with van der Waals surface area (Å²) in [6, 6.07) is 8.22. The Kier molecular flexibility index (Phi) is 4.74. The molecule has 0 amide bonds. The Morgan fingerprint density at radius 2 is 1.85 bits per heavy atom. The third-order valence-electron chi connectivity index (χ3n) is 6.90. The van der Waals surface area contributed by atoms with Crippen molar-refractivity contribution in [3.8, 4) is 0 Å². The maximum atomic E-state index is 3.75. The summed E-state index contributed by atoms with van der Waals surface area (Å²) >= 11 is 0. The van der Waals surface area contributed by atoms with Gasteiger partial charge in [-0.05, 0) is 49.4 Å². The maximum Gasteiger partial charge on any atom is 0.0460 e. The Bertz CT molecular complexity index is 734. The van der Waals surface area contributed by atoms with Gasteiger partial charge in [0.1, 0.15) is 0 Å². The van der Waals surface area contributed by atoms with Crippen LogP contribution in [0.4, 0.5) is 0 Å². The van der Waals surface area contributed by atoms with Crippen LogP contribution >= 0.6 is 0 Å². The van der Waals surface area contributed by atoms with E-state index in [2.05, 4.69) is 44.5 Å². The topological polar surface area (TPSA) is 34.3 Å². The molecule has 1 aromatic heterocycles. The van der Waals surface area contributed by atoms with Crippen molar-refractivity contribution in [3.05, 3.63) is 35.5 Å². The molecule has 5 rings (SSSR count). The molecule has 3 heterocycles. The van der Waals surface area contributed by atoms with Gasteiger partial charge in [-0.1, -0.05) is 25.0 Å². The highest BCUT2D eigenvalue weighted by Crippen LogP contribution is 2.32. The van der Waals surface area contributed by atoms with Crippen LogP contribution in [0.5, 0.6) is 0 Å². The van der Waals surface area contributed by atoms with E-state index in [-0.39, 0.29) is 0 Å². The fourth-order valence-corrected chi connectivity index (χ4v) is 5.10. The average Bonchev–Trinajstić information content (AvgIpc) is 3.06. The highest BCUT2D eigenvalue weighted by Gasteiger charge is 2.28. The maximum absolute atomic E-state index is 3.75. The van der Waals surface area contributed by atoms with Gasteiger partial charge < -0.3 is 10.3 Å². The van der Waals surface area contributed by atoms with Crippen LogP contribution in [0.3, 0.4) is 0 Å². The monoisotopic (exact) mass is 352 g/mol. The first kappa shape index (κ1) is 16.8. The molecule has 1 atom stereocenters. The summed E-state index contributed by atoms with van der Waals surface area (Å²) in [6.07, 6.45) is 10.5. The number of piperazine rings is 1. The van der Waals surface area contributed by atoms with Gasteiger partial charge in [-0.3, -0.25) is 9.80 Å². The Hall–Kier alpha value is -1.36. The number of hydrogen-bond donors (Lipinski definition) is 2. The van der Waals surface area contributed by atoms with E-state index in [0.717, 1.165) is 19.1 Å². The van der Waals surface area contributed by atoms with Gasteiger partial charge in [-0.2, -0.15) is 0 Å². The highest BCUT2D eigenvalue weighted by atomic mass is 15.3. The molecular weight excluding hydrogens is 320 g/mol. The Morgan fingerprint density at radius 3 is 2.58 bits per heavy atom. The zero-order chi connectivity index (χ0) is 17.3. The summed E-state index contributed by atoms with van der Waals surface area (Å²) in [7, 11) is 0. The first-order valence-electron chi connectivity index (χ1n) is 10.7. The SMILES string of the molecule is c1cc(C2CCCCN2)c2c(CN3CCN(C4CCC4)CC3)c[nH]c2c1. The lowest BCUT2D eigenvalue weighted by Crippen LogP contribution is -2.51. The fraction of sp³-hybridized carbons (Fsp3) is 0.636. The summed E-state index contributed by atoms with van der Waals surface area (Å²) < 4.78 is 0. The highest BCUT2D eigenvalue weighted by molar-refractivity contribution is 5.87. The standard InChI is InChI=1S/C22H32N4/c1-2-10-23-20(8-1)19-7-4-9-21-22(19)17(15-24-21)16-25-11-13-26(14-12-25)18-5-3-6-18/h4,7,9,15,18,20,23-24H,1-3,5-6,8,10-14,16H2. The van der Waals surface area contributed by atoms with Crippen LogP contribution in [0.2, 0.25) is 0 Å². The van der Waals surface area contributed by atoms with Crippen molar-refractivity contribution in [2.75, 3.05) is 32.7 Å². The molecule has 0 bridgehead atoms. The fourth-order valence-electron chi connectivity index (χ4n) is 5.10. The van der Waals surface area contributed by atoms with Crippen LogP contribution < -0.4 is 5.32 Å². The van der Waals surface area contributed by atoms with Gasteiger partial charge in [0.25, 0.3) is 0 Å². The van der Waals surface area contributed by atoms with Gasteiger partial charge in [0, 0.05) is 61.9 Å². The molecule has 2 N–H and O–H groups in total. The number of nitrogens with zero attached hydrogens (tertiary/aromatic N) is 2. The molecule has 2 aromatic rings. The Balaban J connectivity index is 1.32. The van der Waals surface area contributed by atoms with Crippen LogP contribution in [0, 0.1) is 0 Å². The predicted octanol–water partition coefficient (Wildman–Crippen LogP) is 3.65. The molecule has 3 fully saturated rings. The lowest BCUT2D eigenvalue weighted by Gasteiger charge is -2.43. The van der Waals surface area contributed by atoms with Crippen LogP contribution in [-0.2, 0) is 6.54 Å². The molecule has 2 saturated heterocycles. The number of piperidine rings is 1. The van der Waals surface area contributed by atoms with E-state index in [1.54, 1.807) is 0 Å². The van der Waals surface area contributed by atoms with Gasteiger partial charge in [0.2, 0.25) is 0 Å². The lowest BCUT2D eigenvalue weighted by atomic mass is 9.91. The third kappa shape index (κ3) is 3.19. The van der Waals surface area contributed by atoms with Crippen molar-refractivity contribution < 1.29 is 0 Å². The summed E-state index contributed by atoms with van der Waals surface area (Å²) in [5, 5.41) is 5.23. The van der Waals surface area contributed by atoms with Crippen molar-refractivity contribution in [1.82, 2.24) is 20.1 Å². The number of rotatable bonds is 4. The molecule has 0 radical (unpaired) electrons. The van der Waals surface area contributed by atoms with Crippen molar-refractivity contribution in [3.63, 3.8) is 0 Å². The summed E-state index contributed by atoms with van der Waals surface area (Å²) in [4.78, 5) is 8.92. The van der Waals surface area contributed by atoms with Crippen LogP contribution in [0.1, 0.15) is 55.7 Å². The van der Waals surface area contributed by atoms with E-state index in [4.69, 9.17) is 0 Å².